The van der Waals surface area contributed by atoms with E-state index in [1.54, 1.807) is 13.2 Å². The second-order valence-electron chi connectivity index (χ2n) is 4.23. The van der Waals surface area contributed by atoms with Gasteiger partial charge >= 0.3 is 0 Å². The minimum atomic E-state index is -1.68. The van der Waals surface area contributed by atoms with Crippen LogP contribution in [-0.4, -0.2) is 13.1 Å². The summed E-state index contributed by atoms with van der Waals surface area (Å²) in [4.78, 5) is 0. The molecule has 0 unspecified atom stereocenters. The number of ether oxygens (including phenoxy) is 2. The van der Waals surface area contributed by atoms with Crippen molar-refractivity contribution in [2.24, 2.45) is 17.2 Å². The van der Waals surface area contributed by atoms with Crippen LogP contribution in [0.3, 0.4) is 0 Å². The summed E-state index contributed by atoms with van der Waals surface area (Å²) in [5, 5.41) is 2.09. The molecule has 5 nitrogen and oxygen atoms in total. The van der Waals surface area contributed by atoms with Gasteiger partial charge in [-0.05, 0) is 41.5 Å². The SMILES string of the molecule is COc1ccc2ccc(OC(N)(N)N)c(C)c2c1. The van der Waals surface area contributed by atoms with Crippen molar-refractivity contribution in [1.29, 1.82) is 0 Å². The van der Waals surface area contributed by atoms with Crippen molar-refractivity contribution < 1.29 is 9.47 Å². The molecule has 6 N–H and O–H groups in total. The molecule has 0 amide bonds. The van der Waals surface area contributed by atoms with E-state index in [0.29, 0.717) is 5.75 Å². The molecule has 5 heteroatoms. The summed E-state index contributed by atoms with van der Waals surface area (Å²) in [7, 11) is 1.63. The van der Waals surface area contributed by atoms with Gasteiger partial charge in [0.05, 0.1) is 7.11 Å². The molecule has 0 fully saturated rings. The van der Waals surface area contributed by atoms with Crippen molar-refractivity contribution >= 4 is 10.8 Å². The molecule has 0 aliphatic heterocycles. The number of rotatable bonds is 3. The second kappa shape index (κ2) is 4.45. The Labute approximate surface area is 105 Å². The highest BCUT2D eigenvalue weighted by Crippen LogP contribution is 2.30. The third-order valence-electron chi connectivity index (χ3n) is 2.74. The van der Waals surface area contributed by atoms with Gasteiger partial charge in [-0.2, -0.15) is 0 Å². The zero-order valence-electron chi connectivity index (χ0n) is 10.4. The topological polar surface area (TPSA) is 96.5 Å². The summed E-state index contributed by atoms with van der Waals surface area (Å²) in [6.45, 7) is 1.92. The zero-order chi connectivity index (χ0) is 13.3. The molecule has 18 heavy (non-hydrogen) atoms. The molecule has 0 heterocycles. The van der Waals surface area contributed by atoms with E-state index in [-0.39, 0.29) is 0 Å². The van der Waals surface area contributed by atoms with E-state index in [1.807, 2.05) is 31.2 Å². The van der Waals surface area contributed by atoms with Crippen LogP contribution in [0.4, 0.5) is 0 Å². The summed E-state index contributed by atoms with van der Waals surface area (Å²) < 4.78 is 10.5. The number of fused-ring (bicyclic) bond motifs is 1. The maximum Gasteiger partial charge on any atom is 0.271 e. The third-order valence-corrected chi connectivity index (χ3v) is 2.74. The lowest BCUT2D eigenvalue weighted by molar-refractivity contribution is 0.0895. The molecule has 0 radical (unpaired) electrons. The number of methoxy groups -OCH3 is 1. The Morgan fingerprint density at radius 1 is 1.06 bits per heavy atom. The maximum atomic E-state index is 5.45. The quantitative estimate of drug-likeness (QED) is 0.704. The molecule has 0 aliphatic carbocycles. The van der Waals surface area contributed by atoms with Crippen molar-refractivity contribution in [3.05, 3.63) is 35.9 Å². The van der Waals surface area contributed by atoms with E-state index in [2.05, 4.69) is 0 Å². The van der Waals surface area contributed by atoms with E-state index in [0.717, 1.165) is 22.1 Å². The van der Waals surface area contributed by atoms with Gasteiger partial charge in [0.25, 0.3) is 5.97 Å². The average Bonchev–Trinajstić information content (AvgIpc) is 2.31. The summed E-state index contributed by atoms with van der Waals surface area (Å²) >= 11 is 0. The van der Waals surface area contributed by atoms with Crippen molar-refractivity contribution in [2.45, 2.75) is 12.9 Å². The number of hydrogen-bond donors (Lipinski definition) is 3. The molecule has 0 aliphatic rings. The molecule has 0 saturated carbocycles. The minimum Gasteiger partial charge on any atom is -0.497 e. The molecular weight excluding hydrogens is 230 g/mol. The van der Waals surface area contributed by atoms with Gasteiger partial charge in [-0.15, -0.1) is 0 Å². The highest BCUT2D eigenvalue weighted by atomic mass is 16.5. The first-order valence-corrected chi connectivity index (χ1v) is 5.54. The largest absolute Gasteiger partial charge is 0.497 e. The highest BCUT2D eigenvalue weighted by Gasteiger charge is 2.16. The van der Waals surface area contributed by atoms with E-state index < -0.39 is 5.97 Å². The molecule has 0 bridgehead atoms. The summed E-state index contributed by atoms with van der Waals surface area (Å²) in [5.41, 5.74) is 17.2. The van der Waals surface area contributed by atoms with Crippen LogP contribution in [0.2, 0.25) is 0 Å². The first kappa shape index (κ1) is 12.6. The standard InChI is InChI=1S/C13H17N3O2/c1-8-11-7-10(17-2)5-3-9(11)4-6-12(8)18-13(14,15)16/h3-7H,14-16H2,1-2H3. The Morgan fingerprint density at radius 2 is 1.72 bits per heavy atom. The van der Waals surface area contributed by atoms with Gasteiger partial charge in [-0.3, -0.25) is 17.2 Å². The number of aryl methyl sites for hydroxylation is 1. The van der Waals surface area contributed by atoms with Crippen LogP contribution in [0.15, 0.2) is 30.3 Å². The van der Waals surface area contributed by atoms with Crippen LogP contribution in [0.1, 0.15) is 5.56 Å². The van der Waals surface area contributed by atoms with E-state index in [1.165, 1.54) is 0 Å². The van der Waals surface area contributed by atoms with Crippen LogP contribution in [0.5, 0.6) is 11.5 Å². The van der Waals surface area contributed by atoms with Gasteiger partial charge in [0.1, 0.15) is 11.5 Å². The molecule has 96 valence electrons. The number of benzene rings is 2. The second-order valence-corrected chi connectivity index (χ2v) is 4.23. The van der Waals surface area contributed by atoms with Gasteiger partial charge in [0.15, 0.2) is 0 Å². The van der Waals surface area contributed by atoms with Crippen molar-refractivity contribution in [2.75, 3.05) is 7.11 Å². The molecule has 2 aromatic carbocycles. The Balaban J connectivity index is 2.55. The van der Waals surface area contributed by atoms with Gasteiger partial charge in [0, 0.05) is 0 Å². The predicted octanol–water partition coefficient (Wildman–Crippen LogP) is 1.02. The van der Waals surface area contributed by atoms with Crippen LogP contribution in [0.25, 0.3) is 10.8 Å². The Bertz CT molecular complexity index is 576. The molecule has 2 aromatic rings. The third kappa shape index (κ3) is 2.53. The van der Waals surface area contributed by atoms with Crippen LogP contribution in [0, 0.1) is 6.92 Å². The molecule has 0 spiro atoms. The molecular formula is C13H17N3O2. The van der Waals surface area contributed by atoms with Gasteiger partial charge in [0.2, 0.25) is 0 Å². The average molecular weight is 247 g/mol. The van der Waals surface area contributed by atoms with Crippen LogP contribution >= 0.6 is 0 Å². The minimum absolute atomic E-state index is 0.559. The van der Waals surface area contributed by atoms with E-state index in [9.17, 15) is 0 Å². The molecule has 0 aromatic heterocycles. The normalized spacial score (nSPS) is 11.6. The highest BCUT2D eigenvalue weighted by molar-refractivity contribution is 5.88. The van der Waals surface area contributed by atoms with Gasteiger partial charge < -0.3 is 9.47 Å². The lowest BCUT2D eigenvalue weighted by Crippen LogP contribution is -2.62. The fraction of sp³-hybridized carbons (Fsp3) is 0.231. The molecule has 2 rings (SSSR count). The number of nitrogens with two attached hydrogens (primary N) is 3. The summed E-state index contributed by atoms with van der Waals surface area (Å²) in [6.07, 6.45) is 0. The number of hydrogen-bond acceptors (Lipinski definition) is 5. The maximum absolute atomic E-state index is 5.45. The Hall–Kier alpha value is -1.82. The van der Waals surface area contributed by atoms with Gasteiger partial charge in [-0.25, -0.2) is 0 Å². The van der Waals surface area contributed by atoms with E-state index in [4.69, 9.17) is 26.7 Å². The summed E-state index contributed by atoms with van der Waals surface area (Å²) in [5.74, 6) is -0.345. The summed E-state index contributed by atoms with van der Waals surface area (Å²) in [6, 6.07) is 9.53. The van der Waals surface area contributed by atoms with Crippen molar-refractivity contribution in [1.82, 2.24) is 0 Å². The van der Waals surface area contributed by atoms with Crippen LogP contribution in [-0.2, 0) is 0 Å². The fourth-order valence-corrected chi connectivity index (χ4v) is 1.86. The van der Waals surface area contributed by atoms with Crippen molar-refractivity contribution in [3.63, 3.8) is 0 Å². The Kier molecular flexibility index (Phi) is 3.13. The zero-order valence-corrected chi connectivity index (χ0v) is 10.4. The predicted molar refractivity (Wildman–Crippen MR) is 71.2 cm³/mol. The first-order chi connectivity index (χ1) is 8.40. The first-order valence-electron chi connectivity index (χ1n) is 5.54. The fourth-order valence-electron chi connectivity index (χ4n) is 1.86. The smallest absolute Gasteiger partial charge is 0.271 e. The lowest BCUT2D eigenvalue weighted by Gasteiger charge is -2.22. The molecule has 0 atom stereocenters. The lowest BCUT2D eigenvalue weighted by atomic mass is 10.0. The van der Waals surface area contributed by atoms with Crippen molar-refractivity contribution in [3.8, 4) is 11.5 Å². The van der Waals surface area contributed by atoms with E-state index >= 15 is 0 Å². The van der Waals surface area contributed by atoms with Gasteiger partial charge in [-0.1, -0.05) is 12.1 Å². The van der Waals surface area contributed by atoms with Crippen LogP contribution < -0.4 is 26.7 Å². The monoisotopic (exact) mass is 247 g/mol. The Morgan fingerprint density at radius 3 is 2.33 bits per heavy atom. The molecule has 0 saturated heterocycles.